The van der Waals surface area contributed by atoms with Gasteiger partial charge in [-0.25, -0.2) is 0 Å². The molecule has 0 unspecified atom stereocenters. The van der Waals surface area contributed by atoms with E-state index in [4.69, 9.17) is 4.52 Å². The first kappa shape index (κ1) is 17.6. The van der Waals surface area contributed by atoms with E-state index in [1.54, 1.807) is 30.3 Å². The van der Waals surface area contributed by atoms with Gasteiger partial charge in [0.1, 0.15) is 11.5 Å². The quantitative estimate of drug-likeness (QED) is 0.604. The molecular formula is C23H20N2O4. The maximum absolute atomic E-state index is 13.3. The molecule has 1 aromatic heterocycles. The van der Waals surface area contributed by atoms with Crippen LogP contribution in [0, 0.1) is 6.92 Å². The number of fused-ring (bicyclic) bond motifs is 1. The monoisotopic (exact) mass is 388 g/mol. The summed E-state index contributed by atoms with van der Waals surface area (Å²) in [6, 6.07) is 14.0. The van der Waals surface area contributed by atoms with Gasteiger partial charge in [0.25, 0.3) is 0 Å². The number of aryl methyl sites for hydroxylation is 1. The summed E-state index contributed by atoms with van der Waals surface area (Å²) in [7, 11) is 0. The van der Waals surface area contributed by atoms with Crippen molar-refractivity contribution in [2.45, 2.75) is 31.6 Å². The molecular weight excluding hydrogens is 368 g/mol. The smallest absolute Gasteiger partial charge is 0.233 e. The Kier molecular flexibility index (Phi) is 3.94. The van der Waals surface area contributed by atoms with Crippen LogP contribution in [0.3, 0.4) is 0 Å². The van der Waals surface area contributed by atoms with Crippen LogP contribution in [0.15, 0.2) is 64.3 Å². The highest BCUT2D eigenvalue weighted by atomic mass is 16.5. The molecule has 0 saturated heterocycles. The lowest BCUT2D eigenvalue weighted by Gasteiger charge is -2.34. The minimum absolute atomic E-state index is 0.0183. The maximum Gasteiger partial charge on any atom is 0.233 e. The van der Waals surface area contributed by atoms with Crippen LogP contribution in [0.1, 0.15) is 47.1 Å². The molecule has 5 rings (SSSR count). The summed E-state index contributed by atoms with van der Waals surface area (Å²) in [5.74, 6) is 0.671. The van der Waals surface area contributed by atoms with E-state index >= 15 is 0 Å². The number of Topliss-reactive ketones (excluding diaryl/α,β-unsaturated/α-hetero) is 1. The van der Waals surface area contributed by atoms with Crippen LogP contribution in [0.25, 0.3) is 0 Å². The SMILES string of the molecule is Cc1noc2c1[C@H](c1cccc(O)c1)C1=C(C[C@@H](c3ccc(O)cc3)CC1=O)N2. The number of hydrogen-bond donors (Lipinski definition) is 3. The molecule has 0 amide bonds. The summed E-state index contributed by atoms with van der Waals surface area (Å²) in [6.07, 6.45) is 1.04. The van der Waals surface area contributed by atoms with Gasteiger partial charge < -0.3 is 20.1 Å². The van der Waals surface area contributed by atoms with E-state index in [2.05, 4.69) is 10.5 Å². The zero-order valence-corrected chi connectivity index (χ0v) is 15.8. The van der Waals surface area contributed by atoms with Crippen LogP contribution < -0.4 is 5.32 Å². The second-order valence-electron chi connectivity index (χ2n) is 7.68. The lowest BCUT2D eigenvalue weighted by molar-refractivity contribution is -0.116. The van der Waals surface area contributed by atoms with Crippen LogP contribution in [0.4, 0.5) is 5.88 Å². The van der Waals surface area contributed by atoms with E-state index in [0.717, 1.165) is 28.1 Å². The number of benzene rings is 2. The van der Waals surface area contributed by atoms with E-state index in [1.807, 2.05) is 25.1 Å². The highest BCUT2D eigenvalue weighted by Crippen LogP contribution is 2.49. The molecule has 6 nitrogen and oxygen atoms in total. The number of rotatable bonds is 2. The van der Waals surface area contributed by atoms with Crippen molar-refractivity contribution in [3.05, 3.63) is 82.2 Å². The van der Waals surface area contributed by atoms with Gasteiger partial charge in [-0.3, -0.25) is 4.79 Å². The van der Waals surface area contributed by atoms with E-state index in [9.17, 15) is 15.0 Å². The van der Waals surface area contributed by atoms with Gasteiger partial charge in [-0.2, -0.15) is 0 Å². The first-order chi connectivity index (χ1) is 14.0. The standard InChI is InChI=1S/C23H20N2O4/c1-12-20-21(14-3-2-4-17(27)9-14)22-18(24-23(20)29-25-12)10-15(11-19(22)28)13-5-7-16(26)8-6-13/h2-9,15,21,24,26-27H,10-11H2,1H3/t15-,21+/m1/s1. The van der Waals surface area contributed by atoms with Gasteiger partial charge in [-0.05, 0) is 54.7 Å². The minimum Gasteiger partial charge on any atom is -0.508 e. The first-order valence-corrected chi connectivity index (χ1v) is 9.58. The molecule has 0 fully saturated rings. The van der Waals surface area contributed by atoms with Crippen molar-refractivity contribution in [3.8, 4) is 11.5 Å². The Balaban J connectivity index is 1.62. The van der Waals surface area contributed by atoms with Crippen molar-refractivity contribution in [2.24, 2.45) is 0 Å². The summed E-state index contributed by atoms with van der Waals surface area (Å²) < 4.78 is 5.51. The molecule has 0 radical (unpaired) electrons. The molecule has 146 valence electrons. The molecule has 1 aliphatic heterocycles. The second-order valence-corrected chi connectivity index (χ2v) is 7.68. The van der Waals surface area contributed by atoms with Crippen LogP contribution in [-0.4, -0.2) is 21.2 Å². The van der Waals surface area contributed by atoms with Crippen molar-refractivity contribution >= 4 is 11.7 Å². The Morgan fingerprint density at radius 3 is 2.59 bits per heavy atom. The van der Waals surface area contributed by atoms with Crippen molar-refractivity contribution in [2.75, 3.05) is 5.32 Å². The summed E-state index contributed by atoms with van der Waals surface area (Å²) in [5, 5.41) is 27.0. The number of carbonyl (C=O) groups excluding carboxylic acids is 1. The fourth-order valence-corrected chi connectivity index (χ4v) is 4.49. The third-order valence-corrected chi connectivity index (χ3v) is 5.83. The van der Waals surface area contributed by atoms with Gasteiger partial charge in [0.2, 0.25) is 5.88 Å². The number of carbonyl (C=O) groups is 1. The second kappa shape index (κ2) is 6.51. The highest BCUT2D eigenvalue weighted by molar-refractivity contribution is 6.01. The van der Waals surface area contributed by atoms with Gasteiger partial charge in [0.15, 0.2) is 5.78 Å². The van der Waals surface area contributed by atoms with Gasteiger partial charge >= 0.3 is 0 Å². The van der Waals surface area contributed by atoms with E-state index in [0.29, 0.717) is 24.3 Å². The number of nitrogens with one attached hydrogen (secondary N) is 1. The third kappa shape index (κ3) is 2.88. The summed E-state index contributed by atoms with van der Waals surface area (Å²) >= 11 is 0. The largest absolute Gasteiger partial charge is 0.508 e. The molecule has 0 spiro atoms. The van der Waals surface area contributed by atoms with E-state index in [-0.39, 0.29) is 29.1 Å². The number of aromatic hydroxyl groups is 2. The molecule has 29 heavy (non-hydrogen) atoms. The van der Waals surface area contributed by atoms with Crippen molar-refractivity contribution in [1.29, 1.82) is 0 Å². The average Bonchev–Trinajstić information content (AvgIpc) is 3.07. The number of anilines is 1. The predicted molar refractivity (Wildman–Crippen MR) is 107 cm³/mol. The topological polar surface area (TPSA) is 95.6 Å². The van der Waals surface area contributed by atoms with Crippen molar-refractivity contribution < 1.29 is 19.5 Å². The lowest BCUT2D eigenvalue weighted by atomic mass is 9.72. The predicted octanol–water partition coefficient (Wildman–Crippen LogP) is 4.35. The minimum atomic E-state index is -0.326. The van der Waals surface area contributed by atoms with Crippen LogP contribution >= 0.6 is 0 Å². The van der Waals surface area contributed by atoms with Crippen LogP contribution in [-0.2, 0) is 4.79 Å². The zero-order chi connectivity index (χ0) is 20.1. The van der Waals surface area contributed by atoms with E-state index < -0.39 is 0 Å². The Morgan fingerprint density at radius 2 is 1.83 bits per heavy atom. The van der Waals surface area contributed by atoms with Gasteiger partial charge in [-0.15, -0.1) is 0 Å². The molecule has 2 aliphatic rings. The fraction of sp³-hybridized carbons (Fsp3) is 0.217. The fourth-order valence-electron chi connectivity index (χ4n) is 4.49. The van der Waals surface area contributed by atoms with Crippen LogP contribution in [0.2, 0.25) is 0 Å². The van der Waals surface area contributed by atoms with Crippen molar-refractivity contribution in [1.82, 2.24) is 5.16 Å². The zero-order valence-electron chi connectivity index (χ0n) is 15.8. The van der Waals surface area contributed by atoms with Gasteiger partial charge in [0, 0.05) is 23.6 Å². The summed E-state index contributed by atoms with van der Waals surface area (Å²) in [5.41, 5.74) is 4.95. The van der Waals surface area contributed by atoms with Crippen molar-refractivity contribution in [3.63, 3.8) is 0 Å². The molecule has 3 N–H and O–H groups in total. The Labute approximate surface area is 167 Å². The van der Waals surface area contributed by atoms with Crippen LogP contribution in [0.5, 0.6) is 11.5 Å². The molecule has 1 aliphatic carbocycles. The average molecular weight is 388 g/mol. The van der Waals surface area contributed by atoms with Gasteiger partial charge in [-0.1, -0.05) is 29.4 Å². The molecule has 2 aromatic carbocycles. The number of hydrogen-bond acceptors (Lipinski definition) is 6. The Hall–Kier alpha value is -3.54. The molecule has 6 heteroatoms. The highest BCUT2D eigenvalue weighted by Gasteiger charge is 2.41. The summed E-state index contributed by atoms with van der Waals surface area (Å²) in [6.45, 7) is 1.86. The van der Waals surface area contributed by atoms with E-state index in [1.165, 1.54) is 0 Å². The third-order valence-electron chi connectivity index (χ3n) is 5.83. The lowest BCUT2D eigenvalue weighted by Crippen LogP contribution is -2.29. The molecule has 0 saturated carbocycles. The molecule has 0 bridgehead atoms. The first-order valence-electron chi connectivity index (χ1n) is 9.58. The number of allylic oxidation sites excluding steroid dienone is 2. The molecule has 2 atom stereocenters. The number of nitrogens with zero attached hydrogens (tertiary/aromatic N) is 1. The maximum atomic E-state index is 13.3. The van der Waals surface area contributed by atoms with Gasteiger partial charge in [0.05, 0.1) is 11.3 Å². The number of ketones is 1. The molecule has 3 aromatic rings. The number of phenols is 2. The molecule has 2 heterocycles. The summed E-state index contributed by atoms with van der Waals surface area (Å²) in [4.78, 5) is 13.3. The number of phenolic OH excluding ortho intramolecular Hbond substituents is 2. The Morgan fingerprint density at radius 1 is 1.03 bits per heavy atom. The number of aromatic nitrogens is 1. The Bertz CT molecular complexity index is 1140. The normalized spacial score (nSPS) is 20.8.